The number of carbonyl (C=O) groups excluding carboxylic acids is 1. The van der Waals surface area contributed by atoms with Crippen LogP contribution >= 0.6 is 0 Å². The number of aromatic nitrogens is 4. The molecular formula is C13H7FN6O4. The van der Waals surface area contributed by atoms with E-state index in [1.54, 1.807) is 0 Å². The number of hydrogen-bond acceptors (Lipinski definition) is 8. The summed E-state index contributed by atoms with van der Waals surface area (Å²) in [6, 6.07) is 2.92. The maximum atomic E-state index is 13.3. The van der Waals surface area contributed by atoms with Crippen LogP contribution in [0.1, 0.15) is 10.7 Å². The number of nitro groups is 1. The first-order valence-electron chi connectivity index (χ1n) is 6.40. The fourth-order valence-corrected chi connectivity index (χ4v) is 1.75. The van der Waals surface area contributed by atoms with Crippen LogP contribution in [-0.4, -0.2) is 30.9 Å². The lowest BCUT2D eigenvalue weighted by atomic mass is 10.2. The Bertz CT molecular complexity index is 914. The van der Waals surface area contributed by atoms with Gasteiger partial charge in [-0.1, -0.05) is 5.16 Å². The highest BCUT2D eigenvalue weighted by Gasteiger charge is 2.19. The molecule has 2 heterocycles. The van der Waals surface area contributed by atoms with Crippen molar-refractivity contribution >= 4 is 17.3 Å². The molecule has 1 aromatic carbocycles. The van der Waals surface area contributed by atoms with Gasteiger partial charge in [0.1, 0.15) is 5.69 Å². The number of anilines is 1. The Morgan fingerprint density at radius 2 is 2.17 bits per heavy atom. The zero-order chi connectivity index (χ0) is 17.1. The summed E-state index contributed by atoms with van der Waals surface area (Å²) < 4.78 is 18.1. The average Bonchev–Trinajstić information content (AvgIpc) is 3.07. The minimum Gasteiger partial charge on any atom is -0.328 e. The summed E-state index contributed by atoms with van der Waals surface area (Å²) in [5.41, 5.74) is -0.455. The molecule has 0 aliphatic heterocycles. The van der Waals surface area contributed by atoms with Crippen molar-refractivity contribution < 1.29 is 18.6 Å². The van der Waals surface area contributed by atoms with E-state index in [0.29, 0.717) is 5.69 Å². The van der Waals surface area contributed by atoms with Gasteiger partial charge in [0.2, 0.25) is 11.6 Å². The minimum atomic E-state index is -1.01. The summed E-state index contributed by atoms with van der Waals surface area (Å²) in [4.78, 5) is 33.4. The van der Waals surface area contributed by atoms with E-state index in [4.69, 9.17) is 4.52 Å². The van der Waals surface area contributed by atoms with E-state index >= 15 is 0 Å². The second-order valence-corrected chi connectivity index (χ2v) is 4.39. The number of amides is 1. The number of hydrogen-bond donors (Lipinski definition) is 1. The minimum absolute atomic E-state index is 0.00681. The maximum absolute atomic E-state index is 13.3. The van der Waals surface area contributed by atoms with Crippen LogP contribution in [0.3, 0.4) is 0 Å². The number of nitro benzene ring substituents is 1. The summed E-state index contributed by atoms with van der Waals surface area (Å²) in [7, 11) is 0. The second kappa shape index (κ2) is 6.16. The normalized spacial score (nSPS) is 10.4. The molecule has 11 heteroatoms. The summed E-state index contributed by atoms with van der Waals surface area (Å²) in [5, 5.41) is 16.6. The van der Waals surface area contributed by atoms with Crippen LogP contribution in [0.2, 0.25) is 0 Å². The molecule has 0 saturated carbocycles. The summed E-state index contributed by atoms with van der Waals surface area (Å²) in [5.74, 6) is -2.15. The zero-order valence-corrected chi connectivity index (χ0v) is 11.7. The quantitative estimate of drug-likeness (QED) is 0.565. The van der Waals surface area contributed by atoms with E-state index in [9.17, 15) is 19.3 Å². The van der Waals surface area contributed by atoms with Crippen LogP contribution in [-0.2, 0) is 0 Å². The molecule has 120 valence electrons. The largest absolute Gasteiger partial charge is 0.328 e. The summed E-state index contributed by atoms with van der Waals surface area (Å²) in [6.07, 6.45) is 4.26. The van der Waals surface area contributed by atoms with E-state index in [1.165, 1.54) is 24.7 Å². The first-order chi connectivity index (χ1) is 11.5. The molecule has 1 N–H and O–H groups in total. The van der Waals surface area contributed by atoms with Crippen molar-refractivity contribution in [2.45, 2.75) is 0 Å². The third-order valence-corrected chi connectivity index (χ3v) is 2.81. The average molecular weight is 330 g/mol. The highest BCUT2D eigenvalue weighted by atomic mass is 19.1. The molecule has 0 unspecified atom stereocenters. The highest BCUT2D eigenvalue weighted by Crippen LogP contribution is 2.22. The molecule has 0 fully saturated rings. The molecule has 10 nitrogen and oxygen atoms in total. The number of rotatable bonds is 4. The van der Waals surface area contributed by atoms with Gasteiger partial charge in [0.15, 0.2) is 0 Å². The van der Waals surface area contributed by atoms with Gasteiger partial charge in [-0.3, -0.25) is 19.9 Å². The Balaban J connectivity index is 1.80. The van der Waals surface area contributed by atoms with Crippen LogP contribution in [0.4, 0.5) is 15.8 Å². The first-order valence-corrected chi connectivity index (χ1v) is 6.40. The molecule has 0 radical (unpaired) electrons. The van der Waals surface area contributed by atoms with Crippen molar-refractivity contribution in [3.8, 4) is 11.5 Å². The van der Waals surface area contributed by atoms with Crippen LogP contribution in [0.5, 0.6) is 0 Å². The monoisotopic (exact) mass is 330 g/mol. The van der Waals surface area contributed by atoms with Gasteiger partial charge in [-0.05, 0) is 12.1 Å². The SMILES string of the molecule is O=C(Nc1ccc(F)c([N+](=O)[O-])c1)c1nc(-c2cnccn2)no1. The van der Waals surface area contributed by atoms with Crippen molar-refractivity contribution in [3.63, 3.8) is 0 Å². The van der Waals surface area contributed by atoms with Gasteiger partial charge in [0.25, 0.3) is 0 Å². The fourth-order valence-electron chi connectivity index (χ4n) is 1.75. The predicted octanol–water partition coefficient (Wildman–Crippen LogP) is 1.83. The van der Waals surface area contributed by atoms with Crippen LogP contribution in [0.15, 0.2) is 41.3 Å². The number of benzene rings is 1. The molecule has 0 saturated heterocycles. The molecule has 0 atom stereocenters. The van der Waals surface area contributed by atoms with Crippen LogP contribution in [0.25, 0.3) is 11.5 Å². The zero-order valence-electron chi connectivity index (χ0n) is 11.7. The van der Waals surface area contributed by atoms with Crippen molar-refractivity contribution in [1.29, 1.82) is 0 Å². The summed E-state index contributed by atoms with van der Waals surface area (Å²) >= 11 is 0. The third-order valence-electron chi connectivity index (χ3n) is 2.81. The Hall–Kier alpha value is -3.76. The van der Waals surface area contributed by atoms with E-state index in [1.807, 2.05) is 0 Å². The van der Waals surface area contributed by atoms with Crippen LogP contribution in [0, 0.1) is 15.9 Å². The molecule has 24 heavy (non-hydrogen) atoms. The molecule has 0 aliphatic carbocycles. The Morgan fingerprint density at radius 3 is 2.88 bits per heavy atom. The Morgan fingerprint density at radius 1 is 1.33 bits per heavy atom. The molecule has 3 aromatic rings. The third kappa shape index (κ3) is 3.04. The van der Waals surface area contributed by atoms with Crippen molar-refractivity contribution in [1.82, 2.24) is 20.1 Å². The van der Waals surface area contributed by atoms with Gasteiger partial charge in [-0.2, -0.15) is 9.37 Å². The molecule has 1 amide bonds. The molecule has 3 rings (SSSR count). The van der Waals surface area contributed by atoms with E-state index in [2.05, 4.69) is 25.4 Å². The van der Waals surface area contributed by atoms with Crippen molar-refractivity contribution in [2.24, 2.45) is 0 Å². The Labute approximate surface area is 132 Å². The standard InChI is InChI=1S/C13H7FN6O4/c14-8-2-1-7(5-10(8)20(22)23)17-12(21)13-18-11(19-24-13)9-6-15-3-4-16-9/h1-6H,(H,17,21). The lowest BCUT2D eigenvalue weighted by Gasteiger charge is -2.02. The molecule has 2 aromatic heterocycles. The van der Waals surface area contributed by atoms with Gasteiger partial charge in [-0.15, -0.1) is 0 Å². The number of nitrogens with zero attached hydrogens (tertiary/aromatic N) is 5. The van der Waals surface area contributed by atoms with Crippen LogP contribution < -0.4 is 5.32 Å². The first kappa shape index (κ1) is 15.1. The topological polar surface area (TPSA) is 137 Å². The lowest BCUT2D eigenvalue weighted by Crippen LogP contribution is -2.12. The Kier molecular flexibility index (Phi) is 3.89. The molecule has 0 aliphatic rings. The number of carbonyl (C=O) groups is 1. The molecular weight excluding hydrogens is 323 g/mol. The second-order valence-electron chi connectivity index (χ2n) is 4.39. The molecule has 0 bridgehead atoms. The predicted molar refractivity (Wildman–Crippen MR) is 76.3 cm³/mol. The van der Waals surface area contributed by atoms with Gasteiger partial charge in [0.05, 0.1) is 11.1 Å². The summed E-state index contributed by atoms with van der Waals surface area (Å²) in [6.45, 7) is 0. The number of halogens is 1. The maximum Gasteiger partial charge on any atom is 0.316 e. The van der Waals surface area contributed by atoms with Crippen molar-refractivity contribution in [3.05, 3.63) is 58.6 Å². The van der Waals surface area contributed by atoms with E-state index in [0.717, 1.165) is 12.1 Å². The van der Waals surface area contributed by atoms with Gasteiger partial charge in [0, 0.05) is 24.1 Å². The van der Waals surface area contributed by atoms with Crippen molar-refractivity contribution in [2.75, 3.05) is 5.32 Å². The van der Waals surface area contributed by atoms with Gasteiger partial charge in [-0.25, -0.2) is 4.98 Å². The van der Waals surface area contributed by atoms with E-state index in [-0.39, 0.29) is 17.4 Å². The lowest BCUT2D eigenvalue weighted by molar-refractivity contribution is -0.387. The highest BCUT2D eigenvalue weighted by molar-refractivity contribution is 6.01. The number of nitrogens with one attached hydrogen (secondary N) is 1. The molecule has 0 spiro atoms. The van der Waals surface area contributed by atoms with E-state index < -0.39 is 22.3 Å². The smallest absolute Gasteiger partial charge is 0.316 e. The van der Waals surface area contributed by atoms with Gasteiger partial charge >= 0.3 is 17.5 Å². The fraction of sp³-hybridized carbons (Fsp3) is 0. The van der Waals surface area contributed by atoms with Gasteiger partial charge < -0.3 is 9.84 Å².